The molecule has 1 amide bonds. The van der Waals surface area contributed by atoms with E-state index in [0.717, 1.165) is 37.3 Å². The first-order valence-electron chi connectivity index (χ1n) is 9.11. The molecule has 5 heteroatoms. The minimum Gasteiger partial charge on any atom is -0.323 e. The molecule has 3 rings (SSSR count). The number of anilines is 1. The van der Waals surface area contributed by atoms with E-state index in [-0.39, 0.29) is 11.8 Å². The smallest absolute Gasteiger partial charge is 0.227 e. The summed E-state index contributed by atoms with van der Waals surface area (Å²) < 4.78 is 1.83. The van der Waals surface area contributed by atoms with Crippen molar-refractivity contribution in [2.24, 2.45) is 5.92 Å². The van der Waals surface area contributed by atoms with Gasteiger partial charge in [0, 0.05) is 12.0 Å². The van der Waals surface area contributed by atoms with E-state index >= 15 is 0 Å². The standard InChI is InChI=1S/C20H28N4O/c1-14(2)23-9-7-17(8-10-23)20(25)22-18-12-21-24(13-18)19-6-5-15(3)11-16(19)4/h5-6,11-14,17H,7-10H2,1-4H3,(H,22,25). The predicted molar refractivity (Wildman–Crippen MR) is 101 cm³/mol. The number of piperidine rings is 1. The van der Waals surface area contributed by atoms with Crippen LogP contribution >= 0.6 is 0 Å². The number of rotatable bonds is 4. The van der Waals surface area contributed by atoms with Crippen LogP contribution in [0.4, 0.5) is 5.69 Å². The highest BCUT2D eigenvalue weighted by atomic mass is 16.1. The molecule has 0 radical (unpaired) electrons. The SMILES string of the molecule is Cc1ccc(-n2cc(NC(=O)C3CCN(C(C)C)CC3)cn2)c(C)c1. The van der Waals surface area contributed by atoms with Crippen molar-refractivity contribution in [2.75, 3.05) is 18.4 Å². The second-order valence-electron chi connectivity index (χ2n) is 7.36. The van der Waals surface area contributed by atoms with Crippen LogP contribution in [0.15, 0.2) is 30.6 Å². The molecule has 2 aromatic rings. The Kier molecular flexibility index (Phi) is 5.23. The van der Waals surface area contributed by atoms with E-state index in [1.165, 1.54) is 11.1 Å². The van der Waals surface area contributed by atoms with Crippen LogP contribution in [0.5, 0.6) is 0 Å². The molecule has 1 saturated heterocycles. The third-order valence-corrected chi connectivity index (χ3v) is 5.08. The van der Waals surface area contributed by atoms with Crippen LogP contribution in [-0.4, -0.2) is 39.7 Å². The van der Waals surface area contributed by atoms with Gasteiger partial charge in [0.15, 0.2) is 0 Å². The summed E-state index contributed by atoms with van der Waals surface area (Å²) in [5.74, 6) is 0.211. The van der Waals surface area contributed by atoms with Gasteiger partial charge in [0.25, 0.3) is 0 Å². The quantitative estimate of drug-likeness (QED) is 0.926. The second-order valence-corrected chi connectivity index (χ2v) is 7.36. The molecular formula is C20H28N4O. The zero-order chi connectivity index (χ0) is 18.0. The third kappa shape index (κ3) is 4.10. The second kappa shape index (κ2) is 7.40. The number of aromatic nitrogens is 2. The van der Waals surface area contributed by atoms with Gasteiger partial charge in [-0.15, -0.1) is 0 Å². The average Bonchev–Trinajstić information content (AvgIpc) is 3.03. The van der Waals surface area contributed by atoms with Gasteiger partial charge in [-0.3, -0.25) is 4.79 Å². The van der Waals surface area contributed by atoms with E-state index in [2.05, 4.69) is 61.2 Å². The van der Waals surface area contributed by atoms with Crippen LogP contribution in [0, 0.1) is 19.8 Å². The lowest BCUT2D eigenvalue weighted by Gasteiger charge is -2.33. The van der Waals surface area contributed by atoms with Crippen molar-refractivity contribution in [2.45, 2.75) is 46.6 Å². The van der Waals surface area contributed by atoms with Gasteiger partial charge in [-0.2, -0.15) is 5.10 Å². The van der Waals surface area contributed by atoms with Gasteiger partial charge in [0.2, 0.25) is 5.91 Å². The first-order valence-corrected chi connectivity index (χ1v) is 9.11. The summed E-state index contributed by atoms with van der Waals surface area (Å²) in [6.45, 7) is 10.6. The first-order chi connectivity index (χ1) is 11.9. The van der Waals surface area contributed by atoms with Crippen molar-refractivity contribution in [1.82, 2.24) is 14.7 Å². The fraction of sp³-hybridized carbons (Fsp3) is 0.500. The van der Waals surface area contributed by atoms with Crippen LogP contribution < -0.4 is 5.32 Å². The number of hydrogen-bond acceptors (Lipinski definition) is 3. The molecule has 1 N–H and O–H groups in total. The minimum atomic E-state index is 0.0967. The highest BCUT2D eigenvalue weighted by molar-refractivity contribution is 5.92. The van der Waals surface area contributed by atoms with E-state index in [1.807, 2.05) is 10.9 Å². The number of nitrogens with zero attached hydrogens (tertiary/aromatic N) is 3. The largest absolute Gasteiger partial charge is 0.323 e. The molecule has 0 atom stereocenters. The molecule has 0 bridgehead atoms. The van der Waals surface area contributed by atoms with Gasteiger partial charge in [-0.25, -0.2) is 4.68 Å². The van der Waals surface area contributed by atoms with Crippen LogP contribution in [0.3, 0.4) is 0 Å². The van der Waals surface area contributed by atoms with Gasteiger partial charge in [0.05, 0.1) is 23.8 Å². The molecule has 1 aromatic carbocycles. The molecule has 0 unspecified atom stereocenters. The van der Waals surface area contributed by atoms with Crippen molar-refractivity contribution < 1.29 is 4.79 Å². The Balaban J connectivity index is 1.63. The van der Waals surface area contributed by atoms with Gasteiger partial charge in [-0.05, 0) is 65.3 Å². The monoisotopic (exact) mass is 340 g/mol. The van der Waals surface area contributed by atoms with Crippen molar-refractivity contribution in [3.05, 3.63) is 41.7 Å². The van der Waals surface area contributed by atoms with Crippen LogP contribution in [0.1, 0.15) is 37.8 Å². The molecule has 1 fully saturated rings. The van der Waals surface area contributed by atoms with Gasteiger partial charge < -0.3 is 10.2 Å². The zero-order valence-corrected chi connectivity index (χ0v) is 15.6. The topological polar surface area (TPSA) is 50.2 Å². The van der Waals surface area contributed by atoms with Crippen molar-refractivity contribution in [1.29, 1.82) is 0 Å². The number of benzene rings is 1. The summed E-state index contributed by atoms with van der Waals surface area (Å²) in [6.07, 6.45) is 5.46. The maximum absolute atomic E-state index is 12.5. The lowest BCUT2D eigenvalue weighted by atomic mass is 9.95. The highest BCUT2D eigenvalue weighted by Crippen LogP contribution is 2.22. The molecule has 2 heterocycles. The van der Waals surface area contributed by atoms with Gasteiger partial charge in [0.1, 0.15) is 0 Å². The summed E-state index contributed by atoms with van der Waals surface area (Å²) in [7, 11) is 0. The highest BCUT2D eigenvalue weighted by Gasteiger charge is 2.26. The number of carbonyl (C=O) groups is 1. The molecular weight excluding hydrogens is 312 g/mol. The lowest BCUT2D eigenvalue weighted by molar-refractivity contribution is -0.121. The van der Waals surface area contributed by atoms with Crippen molar-refractivity contribution in [3.8, 4) is 5.69 Å². The fourth-order valence-corrected chi connectivity index (χ4v) is 3.50. The Labute approximate surface area is 150 Å². The normalized spacial score (nSPS) is 16.4. The molecule has 0 spiro atoms. The molecule has 5 nitrogen and oxygen atoms in total. The third-order valence-electron chi connectivity index (χ3n) is 5.08. The average molecular weight is 340 g/mol. The Morgan fingerprint density at radius 3 is 2.60 bits per heavy atom. The maximum Gasteiger partial charge on any atom is 0.227 e. The molecule has 134 valence electrons. The zero-order valence-electron chi connectivity index (χ0n) is 15.6. The Morgan fingerprint density at radius 2 is 1.96 bits per heavy atom. The van der Waals surface area contributed by atoms with Crippen LogP contribution in [0.2, 0.25) is 0 Å². The minimum absolute atomic E-state index is 0.0967. The number of aryl methyl sites for hydroxylation is 2. The number of carbonyl (C=O) groups excluding carboxylic acids is 1. The summed E-state index contributed by atoms with van der Waals surface area (Å²) in [4.78, 5) is 15.0. The first kappa shape index (κ1) is 17.7. The summed E-state index contributed by atoms with van der Waals surface area (Å²) >= 11 is 0. The Hall–Kier alpha value is -2.14. The summed E-state index contributed by atoms with van der Waals surface area (Å²) in [6, 6.07) is 6.83. The fourth-order valence-electron chi connectivity index (χ4n) is 3.50. The lowest BCUT2D eigenvalue weighted by Crippen LogP contribution is -2.41. The van der Waals surface area contributed by atoms with E-state index in [9.17, 15) is 4.79 Å². The molecule has 1 aliphatic heterocycles. The van der Waals surface area contributed by atoms with E-state index in [0.29, 0.717) is 6.04 Å². The number of hydrogen-bond donors (Lipinski definition) is 1. The molecule has 0 aliphatic carbocycles. The van der Waals surface area contributed by atoms with E-state index in [1.54, 1.807) is 6.20 Å². The molecule has 0 saturated carbocycles. The van der Waals surface area contributed by atoms with Crippen LogP contribution in [0.25, 0.3) is 5.69 Å². The number of amides is 1. The predicted octanol–water partition coefficient (Wildman–Crippen LogP) is 3.55. The van der Waals surface area contributed by atoms with Gasteiger partial charge >= 0.3 is 0 Å². The summed E-state index contributed by atoms with van der Waals surface area (Å²) in [5.41, 5.74) is 4.20. The van der Waals surface area contributed by atoms with Gasteiger partial charge in [-0.1, -0.05) is 17.7 Å². The molecule has 25 heavy (non-hydrogen) atoms. The van der Waals surface area contributed by atoms with E-state index < -0.39 is 0 Å². The van der Waals surface area contributed by atoms with Crippen molar-refractivity contribution >= 4 is 11.6 Å². The van der Waals surface area contributed by atoms with E-state index in [4.69, 9.17) is 0 Å². The number of nitrogens with one attached hydrogen (secondary N) is 1. The number of likely N-dealkylation sites (tertiary alicyclic amines) is 1. The molecule has 1 aromatic heterocycles. The molecule has 1 aliphatic rings. The summed E-state index contributed by atoms with van der Waals surface area (Å²) in [5, 5.41) is 7.44. The Bertz CT molecular complexity index is 742. The van der Waals surface area contributed by atoms with Crippen LogP contribution in [-0.2, 0) is 4.79 Å². The Morgan fingerprint density at radius 1 is 1.24 bits per heavy atom. The maximum atomic E-state index is 12.5. The van der Waals surface area contributed by atoms with Crippen molar-refractivity contribution in [3.63, 3.8) is 0 Å².